The summed E-state index contributed by atoms with van der Waals surface area (Å²) in [5, 5.41) is 9.07. The maximum absolute atomic E-state index is 12.2. The van der Waals surface area contributed by atoms with Gasteiger partial charge in [0.1, 0.15) is 6.04 Å². The summed E-state index contributed by atoms with van der Waals surface area (Å²) < 4.78 is 0. The van der Waals surface area contributed by atoms with Crippen molar-refractivity contribution in [3.8, 4) is 0 Å². The summed E-state index contributed by atoms with van der Waals surface area (Å²) in [6.45, 7) is 0.484. The molecule has 1 aliphatic heterocycles. The Morgan fingerprint density at radius 1 is 1.35 bits per heavy atom. The zero-order valence-corrected chi connectivity index (χ0v) is 11.2. The van der Waals surface area contributed by atoms with Gasteiger partial charge in [-0.05, 0) is 24.8 Å². The molecule has 0 saturated carbocycles. The molecule has 110 valence electrons. The smallest absolute Gasteiger partial charge is 0.326 e. The lowest BCUT2D eigenvalue weighted by Gasteiger charge is -2.24. The van der Waals surface area contributed by atoms with Crippen LogP contribution in [-0.2, 0) is 16.0 Å². The van der Waals surface area contributed by atoms with E-state index in [2.05, 4.69) is 0 Å². The van der Waals surface area contributed by atoms with Gasteiger partial charge < -0.3 is 21.2 Å². The van der Waals surface area contributed by atoms with Gasteiger partial charge in [-0.3, -0.25) is 4.79 Å². The number of carboxylic acids is 1. The first-order valence-electron chi connectivity index (χ1n) is 6.42. The van der Waals surface area contributed by atoms with Crippen molar-refractivity contribution >= 4 is 11.9 Å². The lowest BCUT2D eigenvalue weighted by Crippen LogP contribution is -2.49. The summed E-state index contributed by atoms with van der Waals surface area (Å²) in [7, 11) is 0. The van der Waals surface area contributed by atoms with Crippen LogP contribution in [-0.4, -0.2) is 46.0 Å². The van der Waals surface area contributed by atoms with Gasteiger partial charge in [-0.1, -0.05) is 30.3 Å². The van der Waals surface area contributed by atoms with Crippen LogP contribution in [0.3, 0.4) is 0 Å². The number of nitrogens with zero attached hydrogens (tertiary/aromatic N) is 1. The predicted octanol–water partition coefficient (Wildman–Crippen LogP) is -0.193. The van der Waals surface area contributed by atoms with Crippen LogP contribution < -0.4 is 5.73 Å². The summed E-state index contributed by atoms with van der Waals surface area (Å²) in [4.78, 5) is 24.7. The van der Waals surface area contributed by atoms with Crippen molar-refractivity contribution in [2.75, 3.05) is 6.54 Å². The van der Waals surface area contributed by atoms with Gasteiger partial charge in [0.25, 0.3) is 0 Å². The summed E-state index contributed by atoms with van der Waals surface area (Å²) >= 11 is 0. The maximum Gasteiger partial charge on any atom is 0.326 e. The van der Waals surface area contributed by atoms with Gasteiger partial charge in [0.05, 0.1) is 6.04 Å². The van der Waals surface area contributed by atoms with Gasteiger partial charge in [0.15, 0.2) is 0 Å². The third kappa shape index (κ3) is 3.55. The molecule has 1 saturated heterocycles. The molecule has 1 aromatic carbocycles. The molecule has 5 N–H and O–H groups in total. The molecule has 2 unspecified atom stereocenters. The average Bonchev–Trinajstić information content (AvgIpc) is 2.88. The van der Waals surface area contributed by atoms with Crippen molar-refractivity contribution < 1.29 is 20.2 Å². The number of aliphatic carboxylic acids is 1. The second-order valence-electron chi connectivity index (χ2n) is 4.82. The van der Waals surface area contributed by atoms with Crippen molar-refractivity contribution in [3.63, 3.8) is 0 Å². The number of rotatable bonds is 4. The fraction of sp³-hybridized carbons (Fsp3) is 0.429. The largest absolute Gasteiger partial charge is 0.480 e. The standard InChI is InChI=1S/C14H18N2O3.H2O/c15-11(9-10-5-2-1-3-6-10)13(17)16-8-4-7-12(16)14(18)19;/h1-3,5-6,11-12H,4,7-9,15H2,(H,18,19);1H2. The van der Waals surface area contributed by atoms with Crippen LogP contribution in [0.5, 0.6) is 0 Å². The second kappa shape index (κ2) is 7.02. The molecule has 1 amide bonds. The normalized spacial score (nSPS) is 19.2. The Balaban J connectivity index is 0.00000200. The zero-order valence-electron chi connectivity index (χ0n) is 11.2. The van der Waals surface area contributed by atoms with Gasteiger partial charge >= 0.3 is 5.97 Å². The molecular formula is C14H20N2O4. The van der Waals surface area contributed by atoms with Crippen molar-refractivity contribution in [1.29, 1.82) is 0 Å². The Labute approximate surface area is 117 Å². The Bertz CT molecular complexity index is 464. The minimum absolute atomic E-state index is 0. The third-order valence-corrected chi connectivity index (χ3v) is 3.44. The molecule has 1 aliphatic rings. The number of benzene rings is 1. The van der Waals surface area contributed by atoms with Crippen molar-refractivity contribution in [3.05, 3.63) is 35.9 Å². The summed E-state index contributed by atoms with van der Waals surface area (Å²) in [5.41, 5.74) is 6.89. The van der Waals surface area contributed by atoms with Crippen molar-refractivity contribution in [2.45, 2.75) is 31.3 Å². The number of carbonyl (C=O) groups is 2. The van der Waals surface area contributed by atoms with Crippen molar-refractivity contribution in [2.24, 2.45) is 5.73 Å². The number of amides is 1. The Hall–Kier alpha value is -1.92. The molecule has 6 heteroatoms. The number of likely N-dealkylation sites (tertiary alicyclic amines) is 1. The fourth-order valence-electron chi connectivity index (χ4n) is 2.46. The Morgan fingerprint density at radius 3 is 2.60 bits per heavy atom. The summed E-state index contributed by atoms with van der Waals surface area (Å²) in [6.07, 6.45) is 1.67. The maximum atomic E-state index is 12.2. The van der Waals surface area contributed by atoms with E-state index in [1.54, 1.807) is 0 Å². The molecule has 2 atom stereocenters. The molecule has 6 nitrogen and oxygen atoms in total. The van der Waals surface area contributed by atoms with E-state index in [4.69, 9.17) is 10.8 Å². The molecule has 2 rings (SSSR count). The SMILES string of the molecule is NC(Cc1ccccc1)C(=O)N1CCCC1C(=O)O.O. The number of carbonyl (C=O) groups excluding carboxylic acids is 1. The molecule has 0 aromatic heterocycles. The summed E-state index contributed by atoms with van der Waals surface area (Å²) in [6, 6.07) is 8.11. The molecule has 0 aliphatic carbocycles. The minimum Gasteiger partial charge on any atom is -0.480 e. The van der Waals surface area contributed by atoms with E-state index in [0.29, 0.717) is 19.4 Å². The van der Waals surface area contributed by atoms with Gasteiger partial charge in [0, 0.05) is 6.54 Å². The van der Waals surface area contributed by atoms with Crippen LogP contribution in [0.1, 0.15) is 18.4 Å². The third-order valence-electron chi connectivity index (χ3n) is 3.44. The topological polar surface area (TPSA) is 115 Å². The molecule has 0 bridgehead atoms. The van der Waals surface area contributed by atoms with E-state index in [1.807, 2.05) is 30.3 Å². The Morgan fingerprint density at radius 2 is 2.00 bits per heavy atom. The highest BCUT2D eigenvalue weighted by atomic mass is 16.4. The molecule has 1 aromatic rings. The van der Waals surface area contributed by atoms with Gasteiger partial charge in [-0.2, -0.15) is 0 Å². The second-order valence-corrected chi connectivity index (χ2v) is 4.82. The van der Waals surface area contributed by atoms with E-state index in [-0.39, 0.29) is 11.4 Å². The lowest BCUT2D eigenvalue weighted by atomic mass is 10.1. The van der Waals surface area contributed by atoms with Crippen LogP contribution in [0.25, 0.3) is 0 Å². The zero-order chi connectivity index (χ0) is 13.8. The monoisotopic (exact) mass is 280 g/mol. The van der Waals surface area contributed by atoms with E-state index in [1.165, 1.54) is 4.90 Å². The van der Waals surface area contributed by atoms with E-state index in [9.17, 15) is 9.59 Å². The van der Waals surface area contributed by atoms with Gasteiger partial charge in [-0.25, -0.2) is 4.79 Å². The molecule has 0 spiro atoms. The van der Waals surface area contributed by atoms with E-state index >= 15 is 0 Å². The highest BCUT2D eigenvalue weighted by molar-refractivity contribution is 5.87. The van der Waals surface area contributed by atoms with Crippen LogP contribution in [0.4, 0.5) is 0 Å². The first-order valence-corrected chi connectivity index (χ1v) is 6.42. The highest BCUT2D eigenvalue weighted by Crippen LogP contribution is 2.18. The number of nitrogens with two attached hydrogens (primary N) is 1. The Kier molecular flexibility index (Phi) is 5.66. The quantitative estimate of drug-likeness (QED) is 0.795. The van der Waals surface area contributed by atoms with Crippen LogP contribution in [0.2, 0.25) is 0 Å². The van der Waals surface area contributed by atoms with Gasteiger partial charge in [0.2, 0.25) is 5.91 Å². The summed E-state index contributed by atoms with van der Waals surface area (Å²) in [5.74, 6) is -1.22. The van der Waals surface area contributed by atoms with Crippen LogP contribution >= 0.6 is 0 Å². The number of hydrogen-bond acceptors (Lipinski definition) is 3. The fourth-order valence-corrected chi connectivity index (χ4v) is 2.46. The first-order chi connectivity index (χ1) is 9.09. The van der Waals surface area contributed by atoms with Gasteiger partial charge in [-0.15, -0.1) is 0 Å². The number of hydrogen-bond donors (Lipinski definition) is 2. The first kappa shape index (κ1) is 16.1. The minimum atomic E-state index is -0.947. The van der Waals surface area contributed by atoms with Crippen LogP contribution in [0.15, 0.2) is 30.3 Å². The lowest BCUT2D eigenvalue weighted by molar-refractivity contribution is -0.148. The molecular weight excluding hydrogens is 260 g/mol. The molecule has 1 fully saturated rings. The highest BCUT2D eigenvalue weighted by Gasteiger charge is 2.35. The van der Waals surface area contributed by atoms with E-state index < -0.39 is 18.1 Å². The van der Waals surface area contributed by atoms with Crippen molar-refractivity contribution in [1.82, 2.24) is 4.90 Å². The molecule has 1 heterocycles. The molecule has 20 heavy (non-hydrogen) atoms. The van der Waals surface area contributed by atoms with E-state index in [0.717, 1.165) is 12.0 Å². The molecule has 0 radical (unpaired) electrons. The predicted molar refractivity (Wildman–Crippen MR) is 74.1 cm³/mol. The average molecular weight is 280 g/mol. The van der Waals surface area contributed by atoms with Crippen LogP contribution in [0, 0.1) is 0 Å². The number of carboxylic acid groups (broad SMARTS) is 1.